The number of nitrogens with one attached hydrogen (secondary N) is 1. The lowest BCUT2D eigenvalue weighted by molar-refractivity contribution is -0.0172. The topological polar surface area (TPSA) is 43.6 Å². The summed E-state index contributed by atoms with van der Waals surface area (Å²) < 4.78 is 29.4. The van der Waals surface area contributed by atoms with Gasteiger partial charge < -0.3 is 19.2 Å². The predicted molar refractivity (Wildman–Crippen MR) is 70.8 cm³/mol. The highest BCUT2D eigenvalue weighted by Crippen LogP contribution is 2.29. The van der Waals surface area contributed by atoms with Gasteiger partial charge in [0.2, 0.25) is 0 Å². The van der Waals surface area contributed by atoms with Crippen molar-refractivity contribution in [3.63, 3.8) is 0 Å². The van der Waals surface area contributed by atoms with Crippen molar-refractivity contribution >= 4 is 0 Å². The molecule has 5 heteroatoms. The standard InChI is InChI=1S/C15H16FNO3/c16-13-6-11(15-12(7-13)9-18-10-20-15)3-4-17-8-14-2-1-5-19-14/h1-2,5-7,17H,3-4,8-10H2. The van der Waals surface area contributed by atoms with Crippen LogP contribution >= 0.6 is 0 Å². The molecule has 0 saturated carbocycles. The molecule has 3 rings (SSSR count). The molecule has 1 N–H and O–H groups in total. The van der Waals surface area contributed by atoms with Crippen molar-refractivity contribution in [1.29, 1.82) is 0 Å². The van der Waals surface area contributed by atoms with Gasteiger partial charge in [-0.25, -0.2) is 4.39 Å². The first-order chi connectivity index (χ1) is 9.83. The highest BCUT2D eigenvalue weighted by atomic mass is 19.1. The monoisotopic (exact) mass is 277 g/mol. The summed E-state index contributed by atoms with van der Waals surface area (Å²) in [4.78, 5) is 0. The zero-order valence-electron chi connectivity index (χ0n) is 11.0. The number of halogens is 1. The third-order valence-electron chi connectivity index (χ3n) is 3.20. The molecular weight excluding hydrogens is 261 g/mol. The first kappa shape index (κ1) is 13.1. The Morgan fingerprint density at radius 2 is 2.25 bits per heavy atom. The summed E-state index contributed by atoms with van der Waals surface area (Å²) in [5.41, 5.74) is 1.65. The fourth-order valence-corrected chi connectivity index (χ4v) is 2.29. The Hall–Kier alpha value is -1.85. The van der Waals surface area contributed by atoms with Gasteiger partial charge in [0.15, 0.2) is 6.79 Å². The molecule has 0 spiro atoms. The maximum atomic E-state index is 13.5. The lowest BCUT2D eigenvalue weighted by Crippen LogP contribution is -2.19. The molecule has 4 nitrogen and oxygen atoms in total. The van der Waals surface area contributed by atoms with E-state index in [1.165, 1.54) is 12.1 Å². The second-order valence-corrected chi connectivity index (χ2v) is 4.67. The minimum atomic E-state index is -0.251. The molecule has 0 atom stereocenters. The molecule has 0 unspecified atom stereocenters. The Labute approximate surface area is 116 Å². The summed E-state index contributed by atoms with van der Waals surface area (Å²) >= 11 is 0. The van der Waals surface area contributed by atoms with E-state index in [0.717, 1.165) is 29.2 Å². The smallest absolute Gasteiger partial charge is 0.189 e. The second kappa shape index (κ2) is 6.07. The molecule has 0 fully saturated rings. The van der Waals surface area contributed by atoms with Crippen LogP contribution < -0.4 is 10.1 Å². The van der Waals surface area contributed by atoms with E-state index < -0.39 is 0 Å². The summed E-state index contributed by atoms with van der Waals surface area (Å²) in [6.07, 6.45) is 2.34. The molecule has 0 amide bonds. The van der Waals surface area contributed by atoms with Gasteiger partial charge in [0.1, 0.15) is 17.3 Å². The normalized spacial score (nSPS) is 13.8. The summed E-state index contributed by atoms with van der Waals surface area (Å²) in [5, 5.41) is 3.26. The van der Waals surface area contributed by atoms with E-state index in [4.69, 9.17) is 13.9 Å². The lowest BCUT2D eigenvalue weighted by atomic mass is 10.1. The Balaban J connectivity index is 1.60. The van der Waals surface area contributed by atoms with Crippen molar-refractivity contribution in [2.45, 2.75) is 19.6 Å². The van der Waals surface area contributed by atoms with Crippen LogP contribution in [-0.4, -0.2) is 13.3 Å². The van der Waals surface area contributed by atoms with Crippen molar-refractivity contribution in [1.82, 2.24) is 5.32 Å². The molecule has 1 aliphatic heterocycles. The zero-order chi connectivity index (χ0) is 13.8. The van der Waals surface area contributed by atoms with Crippen LogP contribution in [0.4, 0.5) is 4.39 Å². The molecule has 0 saturated heterocycles. The summed E-state index contributed by atoms with van der Waals surface area (Å²) in [6.45, 7) is 2.01. The van der Waals surface area contributed by atoms with Crippen LogP contribution in [0.3, 0.4) is 0 Å². The number of furan rings is 1. The molecule has 2 heterocycles. The van der Waals surface area contributed by atoms with Crippen LogP contribution in [0.25, 0.3) is 0 Å². The van der Waals surface area contributed by atoms with E-state index in [0.29, 0.717) is 19.6 Å². The zero-order valence-corrected chi connectivity index (χ0v) is 11.0. The van der Waals surface area contributed by atoms with E-state index in [-0.39, 0.29) is 12.6 Å². The van der Waals surface area contributed by atoms with Gasteiger partial charge in [0.25, 0.3) is 0 Å². The van der Waals surface area contributed by atoms with E-state index in [1.807, 2.05) is 12.1 Å². The number of rotatable bonds is 5. The molecule has 1 aliphatic rings. The first-order valence-corrected chi connectivity index (χ1v) is 6.58. The van der Waals surface area contributed by atoms with Crippen LogP contribution in [0.2, 0.25) is 0 Å². The predicted octanol–water partition coefficient (Wildman–Crippen LogP) is 2.62. The Morgan fingerprint density at radius 3 is 3.10 bits per heavy atom. The maximum Gasteiger partial charge on any atom is 0.189 e. The molecular formula is C15H16FNO3. The molecule has 106 valence electrons. The number of benzene rings is 1. The molecule has 0 radical (unpaired) electrons. The van der Waals surface area contributed by atoms with E-state index in [9.17, 15) is 4.39 Å². The number of ether oxygens (including phenoxy) is 2. The van der Waals surface area contributed by atoms with Gasteiger partial charge in [-0.15, -0.1) is 0 Å². The van der Waals surface area contributed by atoms with Gasteiger partial charge >= 0.3 is 0 Å². The van der Waals surface area contributed by atoms with Crippen LogP contribution in [0.5, 0.6) is 5.75 Å². The number of fused-ring (bicyclic) bond motifs is 1. The van der Waals surface area contributed by atoms with Crippen LogP contribution in [0.1, 0.15) is 16.9 Å². The Bertz CT molecular complexity index is 569. The average Bonchev–Trinajstić information content (AvgIpc) is 2.96. The van der Waals surface area contributed by atoms with Gasteiger partial charge in [-0.05, 0) is 42.8 Å². The molecule has 1 aromatic heterocycles. The van der Waals surface area contributed by atoms with E-state index in [2.05, 4.69) is 5.32 Å². The van der Waals surface area contributed by atoms with E-state index >= 15 is 0 Å². The van der Waals surface area contributed by atoms with Crippen molar-refractivity contribution in [3.05, 3.63) is 53.2 Å². The lowest BCUT2D eigenvalue weighted by Gasteiger charge is -2.20. The minimum Gasteiger partial charge on any atom is -0.468 e. The van der Waals surface area contributed by atoms with E-state index in [1.54, 1.807) is 6.26 Å². The van der Waals surface area contributed by atoms with Crippen molar-refractivity contribution in [2.24, 2.45) is 0 Å². The molecule has 0 bridgehead atoms. The van der Waals surface area contributed by atoms with Crippen molar-refractivity contribution < 1.29 is 18.3 Å². The fraction of sp³-hybridized carbons (Fsp3) is 0.333. The molecule has 2 aromatic rings. The Kier molecular flexibility index (Phi) is 3.99. The number of hydrogen-bond acceptors (Lipinski definition) is 4. The average molecular weight is 277 g/mol. The fourth-order valence-electron chi connectivity index (χ4n) is 2.29. The summed E-state index contributed by atoms with van der Waals surface area (Å²) in [7, 11) is 0. The largest absolute Gasteiger partial charge is 0.468 e. The summed E-state index contributed by atoms with van der Waals surface area (Å²) in [6, 6.07) is 6.76. The third kappa shape index (κ3) is 3.00. The van der Waals surface area contributed by atoms with Crippen molar-refractivity contribution in [2.75, 3.05) is 13.3 Å². The molecule has 0 aliphatic carbocycles. The van der Waals surface area contributed by atoms with Gasteiger partial charge in [-0.1, -0.05) is 0 Å². The summed E-state index contributed by atoms with van der Waals surface area (Å²) in [5.74, 6) is 1.40. The van der Waals surface area contributed by atoms with Gasteiger partial charge in [-0.2, -0.15) is 0 Å². The highest BCUT2D eigenvalue weighted by Gasteiger charge is 2.16. The first-order valence-electron chi connectivity index (χ1n) is 6.58. The van der Waals surface area contributed by atoms with Gasteiger partial charge in [-0.3, -0.25) is 0 Å². The third-order valence-corrected chi connectivity index (χ3v) is 3.20. The van der Waals surface area contributed by atoms with Crippen molar-refractivity contribution in [3.8, 4) is 5.75 Å². The Morgan fingerprint density at radius 1 is 1.30 bits per heavy atom. The van der Waals surface area contributed by atoms with Gasteiger partial charge in [0, 0.05) is 5.56 Å². The van der Waals surface area contributed by atoms with Gasteiger partial charge in [0.05, 0.1) is 19.4 Å². The second-order valence-electron chi connectivity index (χ2n) is 4.67. The van der Waals surface area contributed by atoms with Crippen LogP contribution in [-0.2, 0) is 24.3 Å². The molecule has 1 aromatic carbocycles. The van der Waals surface area contributed by atoms with Crippen LogP contribution in [0, 0.1) is 5.82 Å². The highest BCUT2D eigenvalue weighted by molar-refractivity contribution is 5.42. The maximum absolute atomic E-state index is 13.5. The minimum absolute atomic E-state index is 0.228. The molecule has 20 heavy (non-hydrogen) atoms. The number of hydrogen-bond donors (Lipinski definition) is 1. The SMILES string of the molecule is Fc1cc(CCNCc2ccco2)c2c(c1)COCO2. The quantitative estimate of drug-likeness (QED) is 0.853. The van der Waals surface area contributed by atoms with Crippen LogP contribution in [0.15, 0.2) is 34.9 Å².